The molecule has 31 heavy (non-hydrogen) atoms. The largest absolute Gasteiger partial charge is 0.435 e. The number of halogens is 3. The van der Waals surface area contributed by atoms with E-state index in [0.29, 0.717) is 22.6 Å². The Morgan fingerprint density at radius 3 is 2.45 bits per heavy atom. The van der Waals surface area contributed by atoms with Crippen LogP contribution in [0.2, 0.25) is 0 Å². The first-order valence-electron chi connectivity index (χ1n) is 9.03. The van der Waals surface area contributed by atoms with Gasteiger partial charge in [0.25, 0.3) is 5.91 Å². The Bertz CT molecular complexity index is 1090. The standard InChI is InChI=1S/C21H19F3N4O2S/c1-28(2)20-27-18(21(22,23)24)17(31-20)19(29)26-16-7-5-4-6-15(16)14-10-8-13(9-11-14)12-25-30-3/h4-12H,1-3H3,(H,26,29)/b25-12+. The molecule has 2 aromatic carbocycles. The van der Waals surface area contributed by atoms with E-state index in [4.69, 9.17) is 0 Å². The van der Waals surface area contributed by atoms with Crippen LogP contribution in [0.25, 0.3) is 11.1 Å². The molecule has 1 heterocycles. The lowest BCUT2D eigenvalue weighted by Gasteiger charge is -2.12. The van der Waals surface area contributed by atoms with Gasteiger partial charge in [-0.15, -0.1) is 0 Å². The number of aromatic nitrogens is 1. The maximum absolute atomic E-state index is 13.4. The lowest BCUT2D eigenvalue weighted by molar-refractivity contribution is -0.140. The van der Waals surface area contributed by atoms with Crippen LogP contribution < -0.4 is 10.2 Å². The molecule has 1 aromatic heterocycles. The maximum Gasteiger partial charge on any atom is 0.435 e. The monoisotopic (exact) mass is 448 g/mol. The first-order chi connectivity index (χ1) is 14.7. The van der Waals surface area contributed by atoms with Crippen LogP contribution in [0.4, 0.5) is 24.0 Å². The number of alkyl halides is 3. The van der Waals surface area contributed by atoms with E-state index in [2.05, 4.69) is 20.3 Å². The second kappa shape index (κ2) is 9.17. The van der Waals surface area contributed by atoms with Crippen LogP contribution in [0.3, 0.4) is 0 Å². The molecular weight excluding hydrogens is 429 g/mol. The van der Waals surface area contributed by atoms with Gasteiger partial charge in [-0.1, -0.05) is 59.0 Å². The van der Waals surface area contributed by atoms with Gasteiger partial charge in [0.1, 0.15) is 12.0 Å². The van der Waals surface area contributed by atoms with E-state index in [1.54, 1.807) is 44.6 Å². The molecule has 0 aliphatic carbocycles. The molecule has 162 valence electrons. The Labute approximate surface area is 181 Å². The first-order valence-corrected chi connectivity index (χ1v) is 9.85. The molecule has 0 radical (unpaired) electrons. The predicted octanol–water partition coefficient (Wildman–Crippen LogP) is 5.13. The van der Waals surface area contributed by atoms with E-state index in [1.165, 1.54) is 12.0 Å². The molecule has 0 fully saturated rings. The number of amides is 1. The topological polar surface area (TPSA) is 66.8 Å². The summed E-state index contributed by atoms with van der Waals surface area (Å²) in [5, 5.41) is 6.40. The van der Waals surface area contributed by atoms with E-state index in [-0.39, 0.29) is 5.13 Å². The summed E-state index contributed by atoms with van der Waals surface area (Å²) < 4.78 is 40.3. The fraction of sp³-hybridized carbons (Fsp3) is 0.190. The normalized spacial score (nSPS) is 11.5. The minimum Gasteiger partial charge on any atom is -0.399 e. The van der Waals surface area contributed by atoms with Crippen molar-refractivity contribution in [2.45, 2.75) is 6.18 Å². The molecule has 3 aromatic rings. The van der Waals surface area contributed by atoms with Crippen LogP contribution >= 0.6 is 11.3 Å². The second-order valence-electron chi connectivity index (χ2n) is 6.61. The number of anilines is 2. The number of nitrogens with one attached hydrogen (secondary N) is 1. The van der Waals surface area contributed by atoms with Crippen molar-refractivity contribution < 1.29 is 22.8 Å². The molecule has 0 aliphatic rings. The predicted molar refractivity (Wildman–Crippen MR) is 116 cm³/mol. The maximum atomic E-state index is 13.4. The Kier molecular flexibility index (Phi) is 6.59. The van der Waals surface area contributed by atoms with E-state index >= 15 is 0 Å². The Hall–Kier alpha value is -3.40. The first kappa shape index (κ1) is 22.3. The van der Waals surface area contributed by atoms with Crippen LogP contribution in [0.15, 0.2) is 53.7 Å². The second-order valence-corrected chi connectivity index (χ2v) is 7.58. The number of benzene rings is 2. The summed E-state index contributed by atoms with van der Waals surface area (Å²) in [6, 6.07) is 14.1. The van der Waals surface area contributed by atoms with E-state index < -0.39 is 22.7 Å². The van der Waals surface area contributed by atoms with E-state index in [0.717, 1.165) is 11.1 Å². The summed E-state index contributed by atoms with van der Waals surface area (Å²) in [6.07, 6.45) is -3.20. The van der Waals surface area contributed by atoms with Crippen molar-refractivity contribution in [1.82, 2.24) is 4.98 Å². The molecule has 0 unspecified atom stereocenters. The van der Waals surface area contributed by atoms with Gasteiger partial charge in [-0.3, -0.25) is 4.79 Å². The molecular formula is C21H19F3N4O2S. The molecule has 3 rings (SSSR count). The Morgan fingerprint density at radius 1 is 1.16 bits per heavy atom. The molecule has 0 spiro atoms. The summed E-state index contributed by atoms with van der Waals surface area (Å²) in [5.41, 5.74) is 1.44. The number of thiazole rings is 1. The number of nitrogens with zero attached hydrogens (tertiary/aromatic N) is 3. The van der Waals surface area contributed by atoms with Gasteiger partial charge in [0.05, 0.1) is 6.21 Å². The number of hydrogen-bond acceptors (Lipinski definition) is 6. The summed E-state index contributed by atoms with van der Waals surface area (Å²) >= 11 is 0.689. The molecule has 0 bridgehead atoms. The third-order valence-electron chi connectivity index (χ3n) is 4.18. The molecule has 6 nitrogen and oxygen atoms in total. The highest BCUT2D eigenvalue weighted by atomic mass is 32.1. The number of para-hydroxylation sites is 1. The number of carbonyl (C=O) groups excluding carboxylic acids is 1. The number of hydrogen-bond donors (Lipinski definition) is 1. The molecule has 10 heteroatoms. The van der Waals surface area contributed by atoms with Crippen LogP contribution in [-0.2, 0) is 11.0 Å². The lowest BCUT2D eigenvalue weighted by atomic mass is 10.0. The smallest absolute Gasteiger partial charge is 0.399 e. The highest BCUT2D eigenvalue weighted by Gasteiger charge is 2.40. The van der Waals surface area contributed by atoms with Crippen LogP contribution in [0.5, 0.6) is 0 Å². The minimum atomic E-state index is -4.74. The fourth-order valence-electron chi connectivity index (χ4n) is 2.73. The van der Waals surface area contributed by atoms with Gasteiger partial charge in [0.2, 0.25) is 0 Å². The zero-order chi connectivity index (χ0) is 22.6. The third-order valence-corrected chi connectivity index (χ3v) is 5.40. The number of rotatable bonds is 6. The average molecular weight is 448 g/mol. The van der Waals surface area contributed by atoms with E-state index in [9.17, 15) is 18.0 Å². The van der Waals surface area contributed by atoms with Crippen molar-refractivity contribution in [2.24, 2.45) is 5.16 Å². The van der Waals surface area contributed by atoms with Crippen LogP contribution in [0.1, 0.15) is 20.9 Å². The van der Waals surface area contributed by atoms with Gasteiger partial charge in [0.15, 0.2) is 10.8 Å². The van der Waals surface area contributed by atoms with Gasteiger partial charge in [-0.2, -0.15) is 13.2 Å². The van der Waals surface area contributed by atoms with Crippen molar-refractivity contribution in [2.75, 3.05) is 31.4 Å². The summed E-state index contributed by atoms with van der Waals surface area (Å²) in [6.45, 7) is 0. The zero-order valence-corrected chi connectivity index (χ0v) is 17.7. The molecule has 0 saturated heterocycles. The zero-order valence-electron chi connectivity index (χ0n) is 16.9. The summed E-state index contributed by atoms with van der Waals surface area (Å²) in [4.78, 5) is 22.0. The average Bonchev–Trinajstić information content (AvgIpc) is 3.20. The Morgan fingerprint density at radius 2 is 1.84 bits per heavy atom. The van der Waals surface area contributed by atoms with Crippen molar-refractivity contribution in [3.8, 4) is 11.1 Å². The SMILES string of the molecule is CO/N=C/c1ccc(-c2ccccc2NC(=O)c2sc(N(C)C)nc2C(F)(F)F)cc1. The third kappa shape index (κ3) is 5.21. The molecule has 0 aliphatic heterocycles. The highest BCUT2D eigenvalue weighted by Crippen LogP contribution is 2.38. The van der Waals surface area contributed by atoms with E-state index in [1.807, 2.05) is 24.3 Å². The van der Waals surface area contributed by atoms with Crippen molar-refractivity contribution in [1.29, 1.82) is 0 Å². The molecule has 1 N–H and O–H groups in total. The summed E-state index contributed by atoms with van der Waals surface area (Å²) in [5.74, 6) is -0.866. The molecule has 0 saturated carbocycles. The van der Waals surface area contributed by atoms with Gasteiger partial charge >= 0.3 is 6.18 Å². The van der Waals surface area contributed by atoms with Crippen molar-refractivity contribution in [3.05, 3.63) is 64.7 Å². The molecule has 0 atom stereocenters. The quantitative estimate of drug-likeness (QED) is 0.420. The van der Waals surface area contributed by atoms with Gasteiger partial charge in [-0.25, -0.2) is 4.98 Å². The van der Waals surface area contributed by atoms with Gasteiger partial charge < -0.3 is 15.1 Å². The summed E-state index contributed by atoms with van der Waals surface area (Å²) in [7, 11) is 4.58. The Balaban J connectivity index is 1.93. The highest BCUT2D eigenvalue weighted by molar-refractivity contribution is 7.17. The van der Waals surface area contributed by atoms with Crippen molar-refractivity contribution in [3.63, 3.8) is 0 Å². The molecule has 1 amide bonds. The van der Waals surface area contributed by atoms with Gasteiger partial charge in [-0.05, 0) is 17.2 Å². The lowest BCUT2D eigenvalue weighted by Crippen LogP contribution is -2.17. The number of carbonyl (C=O) groups is 1. The fourth-order valence-corrected chi connectivity index (χ4v) is 3.64. The van der Waals surface area contributed by atoms with Gasteiger partial charge in [0, 0.05) is 25.3 Å². The minimum absolute atomic E-state index is 0.0964. The number of oxime groups is 1. The van der Waals surface area contributed by atoms with Crippen molar-refractivity contribution >= 4 is 34.3 Å². The van der Waals surface area contributed by atoms with Crippen LogP contribution in [0, 0.1) is 0 Å². The van der Waals surface area contributed by atoms with Crippen LogP contribution in [-0.4, -0.2) is 38.3 Å².